The van der Waals surface area contributed by atoms with E-state index >= 15 is 0 Å². The topological polar surface area (TPSA) is 75.5 Å². The highest BCUT2D eigenvalue weighted by Gasteiger charge is 2.29. The van der Waals surface area contributed by atoms with Gasteiger partial charge in [0.25, 0.3) is 11.8 Å². The highest BCUT2D eigenvalue weighted by molar-refractivity contribution is 6.05. The fourth-order valence-electron chi connectivity index (χ4n) is 4.92. The number of nitrogens with zero attached hydrogens (tertiary/aromatic N) is 4. The summed E-state index contributed by atoms with van der Waals surface area (Å²) in [7, 11) is 1.83. The van der Waals surface area contributed by atoms with Crippen LogP contribution >= 0.6 is 0 Å². The van der Waals surface area contributed by atoms with E-state index in [0.29, 0.717) is 54.3 Å². The van der Waals surface area contributed by atoms with E-state index in [-0.39, 0.29) is 11.8 Å². The molecule has 0 atom stereocenters. The normalized spacial score (nSPS) is 12.8. The fourth-order valence-corrected chi connectivity index (χ4v) is 4.92. The van der Waals surface area contributed by atoms with Crippen molar-refractivity contribution in [3.05, 3.63) is 76.7 Å². The molecule has 7 heteroatoms. The van der Waals surface area contributed by atoms with Crippen LogP contribution in [0.15, 0.2) is 48.8 Å². The lowest BCUT2D eigenvalue weighted by molar-refractivity contribution is 0.0729. The van der Waals surface area contributed by atoms with Gasteiger partial charge in [-0.15, -0.1) is 0 Å². The van der Waals surface area contributed by atoms with Gasteiger partial charge in [-0.3, -0.25) is 14.4 Å². The number of carbonyl (C=O) groups is 3. The Labute approximate surface area is 219 Å². The summed E-state index contributed by atoms with van der Waals surface area (Å²) in [6.45, 7) is 6.68. The van der Waals surface area contributed by atoms with Crippen molar-refractivity contribution in [2.75, 3.05) is 19.6 Å². The van der Waals surface area contributed by atoms with Gasteiger partial charge in [-0.2, -0.15) is 0 Å². The summed E-state index contributed by atoms with van der Waals surface area (Å²) in [5, 5.41) is 0. The number of hydrogen-bond acceptors (Lipinski definition) is 4. The highest BCUT2D eigenvalue weighted by atomic mass is 16.2. The third-order valence-electron chi connectivity index (χ3n) is 7.07. The van der Waals surface area contributed by atoms with Crippen molar-refractivity contribution in [1.82, 2.24) is 19.4 Å². The van der Waals surface area contributed by atoms with Crippen LogP contribution in [0.3, 0.4) is 0 Å². The molecule has 0 radical (unpaired) electrons. The van der Waals surface area contributed by atoms with Crippen molar-refractivity contribution in [3.8, 4) is 11.3 Å². The molecule has 0 fully saturated rings. The quantitative estimate of drug-likeness (QED) is 0.361. The molecule has 0 saturated carbocycles. The summed E-state index contributed by atoms with van der Waals surface area (Å²) >= 11 is 0. The van der Waals surface area contributed by atoms with E-state index in [1.807, 2.05) is 29.0 Å². The van der Waals surface area contributed by atoms with Crippen molar-refractivity contribution >= 4 is 18.1 Å². The van der Waals surface area contributed by atoms with E-state index in [2.05, 4.69) is 31.0 Å². The van der Waals surface area contributed by atoms with Crippen LogP contribution in [0.1, 0.15) is 81.9 Å². The first kappa shape index (κ1) is 26.3. The van der Waals surface area contributed by atoms with Crippen molar-refractivity contribution in [1.29, 1.82) is 0 Å². The van der Waals surface area contributed by atoms with Crippen LogP contribution in [0, 0.1) is 0 Å². The molecule has 0 aliphatic carbocycles. The van der Waals surface area contributed by atoms with Gasteiger partial charge >= 0.3 is 0 Å². The molecule has 1 aliphatic rings. The first-order valence-corrected chi connectivity index (χ1v) is 13.2. The molecule has 0 unspecified atom stereocenters. The molecule has 194 valence electrons. The molecule has 1 aromatic heterocycles. The van der Waals surface area contributed by atoms with Crippen LogP contribution < -0.4 is 0 Å². The van der Waals surface area contributed by atoms with E-state index in [4.69, 9.17) is 0 Å². The maximum absolute atomic E-state index is 13.9. The standard InChI is InChI=1S/C30H36N4O3/c1-4-6-15-33(16-7-5-2)30(37)27-28(32(3)21-31-27)25-13-12-22(20-35)18-26(25)29(36)34-17-14-23-10-8-9-11-24(23)19-34/h8-13,18,20-21H,4-7,14-17,19H2,1-3H3. The predicted molar refractivity (Wildman–Crippen MR) is 145 cm³/mol. The molecule has 2 aromatic carbocycles. The minimum atomic E-state index is -0.151. The van der Waals surface area contributed by atoms with E-state index in [9.17, 15) is 14.4 Å². The number of hydrogen-bond donors (Lipinski definition) is 0. The van der Waals surface area contributed by atoms with E-state index in [1.165, 1.54) is 5.56 Å². The predicted octanol–water partition coefficient (Wildman–Crippen LogP) is 5.14. The van der Waals surface area contributed by atoms with Crippen LogP contribution in [0.25, 0.3) is 11.3 Å². The number of fused-ring (bicyclic) bond motifs is 1. The van der Waals surface area contributed by atoms with Gasteiger partial charge in [-0.05, 0) is 36.5 Å². The molecule has 4 rings (SSSR count). The Balaban J connectivity index is 1.73. The summed E-state index contributed by atoms with van der Waals surface area (Å²) < 4.78 is 1.79. The van der Waals surface area contributed by atoms with Gasteiger partial charge in [0.15, 0.2) is 5.69 Å². The van der Waals surface area contributed by atoms with Gasteiger partial charge < -0.3 is 14.4 Å². The molecule has 3 aromatic rings. The maximum Gasteiger partial charge on any atom is 0.274 e. The molecular weight excluding hydrogens is 464 g/mol. The van der Waals surface area contributed by atoms with Crippen molar-refractivity contribution in [2.24, 2.45) is 7.05 Å². The maximum atomic E-state index is 13.9. The van der Waals surface area contributed by atoms with Crippen LogP contribution in [0.4, 0.5) is 0 Å². The fraction of sp³-hybridized carbons (Fsp3) is 0.400. The Morgan fingerprint density at radius 1 is 1.03 bits per heavy atom. The average Bonchev–Trinajstić information content (AvgIpc) is 3.32. The van der Waals surface area contributed by atoms with Gasteiger partial charge in [0, 0.05) is 49.9 Å². The smallest absolute Gasteiger partial charge is 0.274 e. The third-order valence-corrected chi connectivity index (χ3v) is 7.07. The number of imidazole rings is 1. The third kappa shape index (κ3) is 5.66. The number of carbonyl (C=O) groups excluding carboxylic acids is 3. The number of aromatic nitrogens is 2. The van der Waals surface area contributed by atoms with Gasteiger partial charge in [-0.25, -0.2) is 4.98 Å². The van der Waals surface area contributed by atoms with Gasteiger partial charge in [0.05, 0.1) is 12.0 Å². The number of unbranched alkanes of at least 4 members (excludes halogenated alkanes) is 2. The van der Waals surface area contributed by atoms with E-state index in [1.54, 1.807) is 29.1 Å². The molecule has 37 heavy (non-hydrogen) atoms. The molecule has 2 heterocycles. The molecule has 7 nitrogen and oxygen atoms in total. The zero-order valence-corrected chi connectivity index (χ0v) is 22.1. The lowest BCUT2D eigenvalue weighted by Crippen LogP contribution is -2.36. The second kappa shape index (κ2) is 12.0. The van der Waals surface area contributed by atoms with E-state index in [0.717, 1.165) is 44.0 Å². The van der Waals surface area contributed by atoms with Crippen molar-refractivity contribution < 1.29 is 14.4 Å². The summed E-state index contributed by atoms with van der Waals surface area (Å²) in [5.41, 5.74) is 4.78. The Morgan fingerprint density at radius 2 is 1.73 bits per heavy atom. The second-order valence-electron chi connectivity index (χ2n) is 9.72. The first-order chi connectivity index (χ1) is 18.0. The lowest BCUT2D eigenvalue weighted by Gasteiger charge is -2.29. The van der Waals surface area contributed by atoms with Crippen LogP contribution in [0.5, 0.6) is 0 Å². The van der Waals surface area contributed by atoms with Crippen LogP contribution in [0.2, 0.25) is 0 Å². The van der Waals surface area contributed by atoms with Gasteiger partial charge in [0.1, 0.15) is 6.29 Å². The zero-order chi connectivity index (χ0) is 26.4. The van der Waals surface area contributed by atoms with Crippen LogP contribution in [-0.2, 0) is 20.0 Å². The number of benzene rings is 2. The van der Waals surface area contributed by atoms with Gasteiger partial charge in [-0.1, -0.05) is 63.1 Å². The summed E-state index contributed by atoms with van der Waals surface area (Å²) in [6.07, 6.45) is 6.99. The molecule has 0 saturated heterocycles. The Kier molecular flexibility index (Phi) is 8.54. The van der Waals surface area contributed by atoms with Crippen molar-refractivity contribution in [3.63, 3.8) is 0 Å². The SMILES string of the molecule is CCCCN(CCCC)C(=O)c1ncn(C)c1-c1ccc(C=O)cc1C(=O)N1CCc2ccccc2C1. The number of aldehydes is 1. The number of rotatable bonds is 10. The average molecular weight is 501 g/mol. The molecule has 2 amide bonds. The second-order valence-corrected chi connectivity index (χ2v) is 9.72. The van der Waals surface area contributed by atoms with Gasteiger partial charge in [0.2, 0.25) is 0 Å². The highest BCUT2D eigenvalue weighted by Crippen LogP contribution is 2.31. The molecule has 1 aliphatic heterocycles. The number of aryl methyl sites for hydroxylation is 1. The largest absolute Gasteiger partial charge is 0.337 e. The minimum absolute atomic E-state index is 0.123. The molecule has 0 N–H and O–H groups in total. The molecule has 0 spiro atoms. The zero-order valence-electron chi connectivity index (χ0n) is 22.1. The Bertz CT molecular complexity index is 1270. The monoisotopic (exact) mass is 500 g/mol. The Morgan fingerprint density at radius 3 is 2.41 bits per heavy atom. The van der Waals surface area contributed by atoms with Crippen LogP contribution in [-0.4, -0.2) is 57.1 Å². The summed E-state index contributed by atoms with van der Waals surface area (Å²) in [5.74, 6) is -0.274. The molecule has 0 bridgehead atoms. The lowest BCUT2D eigenvalue weighted by atomic mass is 9.96. The van der Waals surface area contributed by atoms with Crippen molar-refractivity contribution in [2.45, 2.75) is 52.5 Å². The Hall–Kier alpha value is -3.74. The summed E-state index contributed by atoms with van der Waals surface area (Å²) in [4.78, 5) is 47.4. The molecular formula is C30H36N4O3. The minimum Gasteiger partial charge on any atom is -0.337 e. The number of amides is 2. The summed E-state index contributed by atoms with van der Waals surface area (Å²) in [6, 6.07) is 13.3. The van der Waals surface area contributed by atoms with E-state index < -0.39 is 0 Å². The first-order valence-electron chi connectivity index (χ1n) is 13.2.